The van der Waals surface area contributed by atoms with Gasteiger partial charge in [0.15, 0.2) is 6.10 Å². The van der Waals surface area contributed by atoms with Crippen molar-refractivity contribution in [3.63, 3.8) is 0 Å². The Morgan fingerprint density at radius 1 is 0.683 bits per heavy atom. The van der Waals surface area contributed by atoms with Crippen LogP contribution in [0, 0.1) is 0 Å². The summed E-state index contributed by atoms with van der Waals surface area (Å²) >= 11 is 12.9. The molecule has 1 atom stereocenters. The van der Waals surface area contributed by atoms with Crippen molar-refractivity contribution >= 4 is 40.7 Å². The van der Waals surface area contributed by atoms with Gasteiger partial charge in [-0.2, -0.15) is 39.5 Å². The van der Waals surface area contributed by atoms with Crippen LogP contribution in [0.2, 0.25) is 10.0 Å². The van der Waals surface area contributed by atoms with Crippen molar-refractivity contribution in [3.8, 4) is 0 Å². The molecular formula is C38H53Cl2F9N6O5. The standard InChI is InChI=1S/C19H25ClF3N3O3.C15H22ClN3O.C3H2F6O.CH4/c1-14(19(21,22)23)29-18(27)26-7-5-24(6-8-26)13-15-3-2-4-16(20)17(15)25-9-11-28-12-10-25;16-14-3-1-2-13(12-18-6-4-17-5-7-18)15(14)19-8-10-20-11-9-19;4-2(5,6)1(10)3(7,8)9;/h2-4,14H,5-13H2,1H3;1-3,17H,4-12H2;1,10H;1H4. The molecule has 1 unspecified atom stereocenters. The Balaban J connectivity index is 0.000000268. The van der Waals surface area contributed by atoms with Gasteiger partial charge in [0.2, 0.25) is 6.10 Å². The minimum Gasteiger partial charge on any atom is -0.437 e. The Morgan fingerprint density at radius 2 is 1.08 bits per heavy atom. The number of ether oxygens (including phenoxy) is 3. The van der Waals surface area contributed by atoms with Gasteiger partial charge < -0.3 is 39.3 Å². The van der Waals surface area contributed by atoms with Crippen molar-refractivity contribution in [2.45, 2.75) is 58.2 Å². The lowest BCUT2D eigenvalue weighted by molar-refractivity contribution is -0.308. The van der Waals surface area contributed by atoms with Crippen LogP contribution in [0.15, 0.2) is 36.4 Å². The number of nitrogens with zero attached hydrogens (tertiary/aromatic N) is 5. The summed E-state index contributed by atoms with van der Waals surface area (Å²) in [6, 6.07) is 12.1. The van der Waals surface area contributed by atoms with Crippen LogP contribution in [0.1, 0.15) is 25.5 Å². The molecule has 2 aromatic rings. The van der Waals surface area contributed by atoms with Gasteiger partial charge in [0.05, 0.1) is 47.8 Å². The lowest BCUT2D eigenvalue weighted by atomic mass is 10.1. The molecule has 11 nitrogen and oxygen atoms in total. The number of alkyl halides is 9. The first kappa shape index (κ1) is 51.4. The molecule has 6 rings (SSSR count). The molecule has 60 heavy (non-hydrogen) atoms. The van der Waals surface area contributed by atoms with Gasteiger partial charge in [0, 0.05) is 91.6 Å². The molecule has 0 spiro atoms. The number of benzene rings is 2. The van der Waals surface area contributed by atoms with Gasteiger partial charge in [-0.05, 0) is 30.2 Å². The average molecular weight is 916 g/mol. The van der Waals surface area contributed by atoms with Crippen LogP contribution < -0.4 is 15.1 Å². The topological polar surface area (TPSA) is 93.2 Å². The number of para-hydroxylation sites is 2. The number of amides is 1. The number of nitrogens with one attached hydrogen (secondary N) is 1. The highest BCUT2D eigenvalue weighted by molar-refractivity contribution is 6.33. The van der Waals surface area contributed by atoms with Gasteiger partial charge in [0.25, 0.3) is 0 Å². The van der Waals surface area contributed by atoms with Crippen molar-refractivity contribution in [1.29, 1.82) is 0 Å². The van der Waals surface area contributed by atoms with Gasteiger partial charge in [-0.1, -0.05) is 54.9 Å². The molecule has 22 heteroatoms. The summed E-state index contributed by atoms with van der Waals surface area (Å²) in [5, 5.41) is 12.4. The fourth-order valence-electron chi connectivity index (χ4n) is 6.58. The van der Waals surface area contributed by atoms with Crippen LogP contribution in [0.5, 0.6) is 0 Å². The van der Waals surface area contributed by atoms with Gasteiger partial charge in [-0.15, -0.1) is 0 Å². The second-order valence-corrected chi connectivity index (χ2v) is 14.9. The second-order valence-electron chi connectivity index (χ2n) is 14.0. The minimum absolute atomic E-state index is 0. The Labute approximate surface area is 354 Å². The highest BCUT2D eigenvalue weighted by atomic mass is 35.5. The molecule has 0 radical (unpaired) electrons. The summed E-state index contributed by atoms with van der Waals surface area (Å²) in [5.41, 5.74) is 4.62. The molecule has 0 bridgehead atoms. The molecule has 1 amide bonds. The third-order valence-electron chi connectivity index (χ3n) is 9.78. The smallest absolute Gasteiger partial charge is 0.425 e. The van der Waals surface area contributed by atoms with E-state index in [9.17, 15) is 44.3 Å². The van der Waals surface area contributed by atoms with Crippen molar-refractivity contribution in [2.24, 2.45) is 0 Å². The van der Waals surface area contributed by atoms with Crippen molar-refractivity contribution in [1.82, 2.24) is 20.0 Å². The first-order chi connectivity index (χ1) is 27.8. The molecule has 4 aliphatic heterocycles. The third-order valence-corrected chi connectivity index (χ3v) is 10.4. The molecular weight excluding hydrogens is 862 g/mol. The number of aliphatic hydroxyl groups excluding tert-OH is 1. The summed E-state index contributed by atoms with van der Waals surface area (Å²) in [4.78, 5) is 22.5. The lowest BCUT2D eigenvalue weighted by Gasteiger charge is -2.36. The highest BCUT2D eigenvalue weighted by Crippen LogP contribution is 2.34. The molecule has 4 heterocycles. The summed E-state index contributed by atoms with van der Waals surface area (Å²) in [7, 11) is 0. The molecule has 0 aliphatic carbocycles. The Morgan fingerprint density at radius 3 is 1.45 bits per heavy atom. The largest absolute Gasteiger partial charge is 0.437 e. The zero-order valence-electron chi connectivity index (χ0n) is 32.3. The molecule has 4 saturated heterocycles. The van der Waals surface area contributed by atoms with E-state index in [0.717, 1.165) is 95.3 Å². The number of rotatable bonds is 7. The van der Waals surface area contributed by atoms with Crippen LogP contribution in [-0.2, 0) is 27.3 Å². The molecule has 4 aliphatic rings. The monoisotopic (exact) mass is 914 g/mol. The van der Waals surface area contributed by atoms with Crippen LogP contribution in [0.25, 0.3) is 0 Å². The van der Waals surface area contributed by atoms with Crippen molar-refractivity contribution in [2.75, 3.05) is 115 Å². The lowest BCUT2D eigenvalue weighted by Crippen LogP contribution is -2.49. The number of carbonyl (C=O) groups is 1. The molecule has 0 saturated carbocycles. The Hall–Kier alpha value is -2.98. The van der Waals surface area contributed by atoms with Crippen LogP contribution >= 0.6 is 23.2 Å². The number of piperazine rings is 2. The van der Waals surface area contributed by atoms with Crippen LogP contribution in [0.4, 0.5) is 55.7 Å². The number of anilines is 2. The van der Waals surface area contributed by atoms with E-state index in [-0.39, 0.29) is 7.43 Å². The molecule has 0 aromatic heterocycles. The Kier molecular flexibility index (Phi) is 20.1. The number of morpholine rings is 2. The summed E-state index contributed by atoms with van der Waals surface area (Å²) in [5.74, 6) is 0. The highest BCUT2D eigenvalue weighted by Gasteiger charge is 2.55. The molecule has 2 aromatic carbocycles. The van der Waals surface area contributed by atoms with E-state index < -0.39 is 36.8 Å². The van der Waals surface area contributed by atoms with E-state index in [1.807, 2.05) is 24.3 Å². The summed E-state index contributed by atoms with van der Waals surface area (Å²) < 4.78 is 119. The molecule has 342 valence electrons. The van der Waals surface area contributed by atoms with Crippen molar-refractivity contribution in [3.05, 3.63) is 57.6 Å². The van der Waals surface area contributed by atoms with E-state index >= 15 is 0 Å². The van der Waals surface area contributed by atoms with E-state index in [0.29, 0.717) is 51.0 Å². The quantitative estimate of drug-likeness (QED) is 0.281. The van der Waals surface area contributed by atoms with E-state index in [1.165, 1.54) is 16.2 Å². The predicted octanol–water partition coefficient (Wildman–Crippen LogP) is 7.07. The number of hydrogen-bond donors (Lipinski definition) is 2. The van der Waals surface area contributed by atoms with Gasteiger partial charge in [0.1, 0.15) is 0 Å². The Bertz CT molecular complexity index is 1590. The van der Waals surface area contributed by atoms with E-state index in [1.54, 1.807) is 0 Å². The number of halogens is 11. The average Bonchev–Trinajstić information content (AvgIpc) is 3.18. The number of carbonyl (C=O) groups excluding carboxylic acids is 1. The van der Waals surface area contributed by atoms with E-state index in [2.05, 4.69) is 41.8 Å². The SMILES string of the molecule is C.CC(OC(=O)N1CCN(Cc2cccc(Cl)c2N2CCOCC2)CC1)C(F)(F)F.Clc1cccc(CN2CCNCC2)c1N1CCOCC1.OC(C(F)(F)F)C(F)(F)F. The predicted molar refractivity (Wildman–Crippen MR) is 211 cm³/mol. The number of aliphatic hydroxyl groups is 1. The van der Waals surface area contributed by atoms with E-state index in [4.69, 9.17) is 37.8 Å². The first-order valence-corrected chi connectivity index (χ1v) is 19.7. The van der Waals surface area contributed by atoms with Crippen LogP contribution in [-0.4, -0.2) is 162 Å². The van der Waals surface area contributed by atoms with Crippen LogP contribution in [0.3, 0.4) is 0 Å². The fraction of sp³-hybridized carbons (Fsp3) is 0.658. The van der Waals surface area contributed by atoms with Gasteiger partial charge >= 0.3 is 24.6 Å². The second kappa shape index (κ2) is 23.5. The third kappa shape index (κ3) is 15.7. The zero-order chi connectivity index (χ0) is 43.4. The summed E-state index contributed by atoms with van der Waals surface area (Å²) in [6.45, 7) is 14.8. The van der Waals surface area contributed by atoms with Crippen molar-refractivity contribution < 1.29 is 63.6 Å². The first-order valence-electron chi connectivity index (χ1n) is 18.9. The fourth-order valence-corrected chi connectivity index (χ4v) is 7.20. The van der Waals surface area contributed by atoms with Gasteiger partial charge in [-0.3, -0.25) is 9.80 Å². The van der Waals surface area contributed by atoms with Gasteiger partial charge in [-0.25, -0.2) is 4.79 Å². The summed E-state index contributed by atoms with van der Waals surface area (Å²) in [6.07, 6.45) is -23.1. The molecule has 2 N–H and O–H groups in total. The normalized spacial score (nSPS) is 19.1. The maximum absolute atomic E-state index is 12.6. The zero-order valence-corrected chi connectivity index (χ0v) is 33.8. The number of hydrogen-bond acceptors (Lipinski definition) is 10. The molecule has 4 fully saturated rings. The maximum Gasteiger partial charge on any atom is 0.425 e. The minimum atomic E-state index is -5.63. The maximum atomic E-state index is 12.6.